The molecular weight excluding hydrogens is 428 g/mol. The van der Waals surface area contributed by atoms with Crippen LogP contribution in [0.3, 0.4) is 0 Å². The quantitative estimate of drug-likeness (QED) is 0.623. The number of benzene rings is 3. The number of rotatable bonds is 6. The number of nitrogens with zero attached hydrogens (tertiary/aromatic N) is 1. The molecule has 1 aliphatic heterocycles. The van der Waals surface area contributed by atoms with E-state index in [1.165, 1.54) is 12.1 Å². The summed E-state index contributed by atoms with van der Waals surface area (Å²) in [5.74, 6) is 0.588. The van der Waals surface area contributed by atoms with Crippen molar-refractivity contribution in [1.29, 1.82) is 0 Å². The predicted octanol–water partition coefficient (Wildman–Crippen LogP) is 3.90. The van der Waals surface area contributed by atoms with Crippen molar-refractivity contribution in [3.8, 4) is 11.5 Å². The van der Waals surface area contributed by atoms with Gasteiger partial charge in [-0.1, -0.05) is 29.8 Å². The number of hydrogen-bond acceptors (Lipinski definition) is 5. The van der Waals surface area contributed by atoms with Gasteiger partial charge in [0.05, 0.1) is 10.6 Å². The van der Waals surface area contributed by atoms with E-state index >= 15 is 0 Å². The van der Waals surface area contributed by atoms with Gasteiger partial charge in [0, 0.05) is 16.8 Å². The molecule has 7 nitrogen and oxygen atoms in total. The number of sulfonamides is 1. The van der Waals surface area contributed by atoms with E-state index in [-0.39, 0.29) is 11.7 Å². The highest BCUT2D eigenvalue weighted by Crippen LogP contribution is 2.34. The molecule has 0 aromatic heterocycles. The third-order valence-electron chi connectivity index (χ3n) is 4.39. The molecule has 0 radical (unpaired) electrons. The van der Waals surface area contributed by atoms with Crippen molar-refractivity contribution in [2.45, 2.75) is 4.90 Å². The molecule has 1 N–H and O–H groups in total. The standard InChI is InChI=1S/C21H17ClN2O5S/c22-15-6-9-17(10-7-15)24(30(26,27)18-4-2-1-3-5-18)13-21(25)23-16-8-11-19-20(12-16)29-14-28-19/h1-12H,13-14H2,(H,23,25). The Hall–Kier alpha value is -3.23. The molecule has 9 heteroatoms. The van der Waals surface area contributed by atoms with Crippen LogP contribution in [-0.2, 0) is 14.8 Å². The number of halogens is 1. The molecule has 0 spiro atoms. The highest BCUT2D eigenvalue weighted by Gasteiger charge is 2.27. The number of ether oxygens (including phenoxy) is 2. The number of nitrogens with one attached hydrogen (secondary N) is 1. The molecule has 1 aliphatic rings. The molecule has 0 fully saturated rings. The SMILES string of the molecule is O=C(CN(c1ccc(Cl)cc1)S(=O)(=O)c1ccccc1)Nc1ccc2c(c1)OCO2. The Kier molecular flexibility index (Phi) is 5.52. The maximum atomic E-state index is 13.2. The van der Waals surface area contributed by atoms with Crippen molar-refractivity contribution < 1.29 is 22.7 Å². The summed E-state index contributed by atoms with van der Waals surface area (Å²) in [6.45, 7) is -0.306. The summed E-state index contributed by atoms with van der Waals surface area (Å²) in [7, 11) is -3.98. The summed E-state index contributed by atoms with van der Waals surface area (Å²) in [5.41, 5.74) is 0.793. The molecule has 0 saturated carbocycles. The summed E-state index contributed by atoms with van der Waals surface area (Å²) in [5, 5.41) is 3.16. The summed E-state index contributed by atoms with van der Waals surface area (Å²) < 4.78 is 38.1. The van der Waals surface area contributed by atoms with Crippen LogP contribution >= 0.6 is 11.6 Å². The first-order valence-corrected chi connectivity index (χ1v) is 10.8. The lowest BCUT2D eigenvalue weighted by Gasteiger charge is -2.24. The number of anilines is 2. The molecular formula is C21H17ClN2O5S. The molecule has 0 aliphatic carbocycles. The summed E-state index contributed by atoms with van der Waals surface area (Å²) in [4.78, 5) is 12.8. The van der Waals surface area contributed by atoms with E-state index < -0.39 is 22.5 Å². The van der Waals surface area contributed by atoms with Crippen molar-refractivity contribution in [2.75, 3.05) is 23.0 Å². The molecule has 4 rings (SSSR count). The Bertz CT molecular complexity index is 1170. The first-order chi connectivity index (χ1) is 14.4. The van der Waals surface area contributed by atoms with Crippen LogP contribution in [0.1, 0.15) is 0 Å². The van der Waals surface area contributed by atoms with Crippen molar-refractivity contribution >= 4 is 38.9 Å². The first-order valence-electron chi connectivity index (χ1n) is 8.96. The minimum atomic E-state index is -3.98. The van der Waals surface area contributed by atoms with E-state index in [1.807, 2.05) is 0 Å². The lowest BCUT2D eigenvalue weighted by Crippen LogP contribution is -2.38. The van der Waals surface area contributed by atoms with Gasteiger partial charge in [-0.15, -0.1) is 0 Å². The van der Waals surface area contributed by atoms with E-state index in [9.17, 15) is 13.2 Å². The predicted molar refractivity (Wildman–Crippen MR) is 114 cm³/mol. The van der Waals surface area contributed by atoms with Gasteiger partial charge in [0.15, 0.2) is 11.5 Å². The number of amides is 1. The monoisotopic (exact) mass is 444 g/mol. The maximum absolute atomic E-state index is 13.2. The topological polar surface area (TPSA) is 84.9 Å². The van der Waals surface area contributed by atoms with Gasteiger partial charge in [-0.3, -0.25) is 9.10 Å². The fourth-order valence-corrected chi connectivity index (χ4v) is 4.52. The lowest BCUT2D eigenvalue weighted by molar-refractivity contribution is -0.114. The molecule has 1 heterocycles. The van der Waals surface area contributed by atoms with E-state index in [4.69, 9.17) is 21.1 Å². The molecule has 0 unspecified atom stereocenters. The Morgan fingerprint density at radius 2 is 1.67 bits per heavy atom. The summed E-state index contributed by atoms with van der Waals surface area (Å²) >= 11 is 5.94. The third kappa shape index (κ3) is 4.19. The zero-order valence-corrected chi connectivity index (χ0v) is 17.2. The zero-order valence-electron chi connectivity index (χ0n) is 15.6. The molecule has 154 valence electrons. The van der Waals surface area contributed by atoms with Gasteiger partial charge < -0.3 is 14.8 Å². The second-order valence-corrected chi connectivity index (χ2v) is 8.72. The normalized spacial score (nSPS) is 12.4. The summed E-state index contributed by atoms with van der Waals surface area (Å²) in [6, 6.07) is 19.1. The summed E-state index contributed by atoms with van der Waals surface area (Å²) in [6.07, 6.45) is 0. The minimum absolute atomic E-state index is 0.0795. The molecule has 3 aromatic rings. The zero-order chi connectivity index (χ0) is 21.1. The van der Waals surface area contributed by atoms with E-state index in [0.29, 0.717) is 27.9 Å². The van der Waals surface area contributed by atoms with Crippen LogP contribution in [0.25, 0.3) is 0 Å². The van der Waals surface area contributed by atoms with Gasteiger partial charge in [-0.05, 0) is 48.5 Å². The van der Waals surface area contributed by atoms with Crippen molar-refractivity contribution in [3.05, 3.63) is 77.8 Å². The first kappa shape index (κ1) is 20.1. The van der Waals surface area contributed by atoms with Crippen molar-refractivity contribution in [2.24, 2.45) is 0 Å². The maximum Gasteiger partial charge on any atom is 0.264 e. The Labute approximate surface area is 178 Å². The molecule has 0 bridgehead atoms. The number of carbonyl (C=O) groups excluding carboxylic acids is 1. The van der Waals surface area contributed by atoms with Gasteiger partial charge in [-0.2, -0.15) is 0 Å². The second kappa shape index (κ2) is 8.25. The molecule has 0 atom stereocenters. The minimum Gasteiger partial charge on any atom is -0.454 e. The average molecular weight is 445 g/mol. The van der Waals surface area contributed by atoms with Crippen LogP contribution < -0.4 is 19.1 Å². The molecule has 30 heavy (non-hydrogen) atoms. The van der Waals surface area contributed by atoms with Crippen LogP contribution in [0.5, 0.6) is 11.5 Å². The van der Waals surface area contributed by atoms with Gasteiger partial charge in [0.1, 0.15) is 6.54 Å². The van der Waals surface area contributed by atoms with Crippen molar-refractivity contribution in [1.82, 2.24) is 0 Å². The highest BCUT2D eigenvalue weighted by molar-refractivity contribution is 7.92. The number of hydrogen-bond donors (Lipinski definition) is 1. The van der Waals surface area contributed by atoms with Crippen LogP contribution in [-0.4, -0.2) is 27.7 Å². The molecule has 0 saturated heterocycles. The Morgan fingerprint density at radius 3 is 2.40 bits per heavy atom. The average Bonchev–Trinajstić information content (AvgIpc) is 3.21. The van der Waals surface area contributed by atoms with Crippen molar-refractivity contribution in [3.63, 3.8) is 0 Å². The van der Waals surface area contributed by atoms with Gasteiger partial charge in [0.25, 0.3) is 10.0 Å². The van der Waals surface area contributed by atoms with E-state index in [1.54, 1.807) is 60.7 Å². The Balaban J connectivity index is 1.61. The van der Waals surface area contributed by atoms with Crippen LogP contribution in [0.2, 0.25) is 5.02 Å². The van der Waals surface area contributed by atoms with E-state index in [0.717, 1.165) is 4.31 Å². The largest absolute Gasteiger partial charge is 0.454 e. The lowest BCUT2D eigenvalue weighted by atomic mass is 10.2. The fourth-order valence-electron chi connectivity index (χ4n) is 2.95. The van der Waals surface area contributed by atoms with Crippen LogP contribution in [0.15, 0.2) is 77.7 Å². The fraction of sp³-hybridized carbons (Fsp3) is 0.0952. The third-order valence-corrected chi connectivity index (χ3v) is 6.43. The van der Waals surface area contributed by atoms with Gasteiger partial charge >= 0.3 is 0 Å². The molecule has 1 amide bonds. The molecule has 3 aromatic carbocycles. The van der Waals surface area contributed by atoms with E-state index in [2.05, 4.69) is 5.32 Å². The van der Waals surface area contributed by atoms with Crippen LogP contribution in [0.4, 0.5) is 11.4 Å². The smallest absolute Gasteiger partial charge is 0.264 e. The number of carbonyl (C=O) groups is 1. The number of fused-ring (bicyclic) bond motifs is 1. The second-order valence-electron chi connectivity index (χ2n) is 6.42. The van der Waals surface area contributed by atoms with Gasteiger partial charge in [0.2, 0.25) is 12.7 Å². The highest BCUT2D eigenvalue weighted by atomic mass is 35.5. The van der Waals surface area contributed by atoms with Gasteiger partial charge in [-0.25, -0.2) is 8.42 Å². The Morgan fingerprint density at radius 1 is 0.967 bits per heavy atom. The van der Waals surface area contributed by atoms with Crippen LogP contribution in [0, 0.1) is 0 Å².